The zero-order valence-corrected chi connectivity index (χ0v) is 22.8. The SMILES string of the molecule is C[C@H](C(=O)NCc1ccc(F)cc1)N(C(=O)c1snc(C(=O)NC2CCCC2)c1N)c1cccc2ccccc12. The minimum Gasteiger partial charge on any atom is -0.395 e. The lowest BCUT2D eigenvalue weighted by molar-refractivity contribution is -0.122. The Kier molecular flexibility index (Phi) is 8.06. The molecule has 4 aromatic rings. The summed E-state index contributed by atoms with van der Waals surface area (Å²) >= 11 is 0.845. The molecule has 4 N–H and O–H groups in total. The van der Waals surface area contributed by atoms with Gasteiger partial charge in [-0.05, 0) is 60.4 Å². The molecule has 3 amide bonds. The molecule has 1 aliphatic rings. The average molecular weight is 560 g/mol. The quantitative estimate of drug-likeness (QED) is 0.280. The van der Waals surface area contributed by atoms with E-state index < -0.39 is 23.8 Å². The molecule has 1 aliphatic carbocycles. The highest BCUT2D eigenvalue weighted by atomic mass is 32.1. The number of nitrogens with two attached hydrogens (primary N) is 1. The fourth-order valence-electron chi connectivity index (χ4n) is 5.02. The second-order valence-corrected chi connectivity index (χ2v) is 10.7. The number of benzene rings is 3. The Labute approximate surface area is 235 Å². The second kappa shape index (κ2) is 11.8. The van der Waals surface area contributed by atoms with Crippen molar-refractivity contribution in [2.45, 2.75) is 51.2 Å². The minimum absolute atomic E-state index is 0.00495. The lowest BCUT2D eigenvalue weighted by Gasteiger charge is -2.29. The summed E-state index contributed by atoms with van der Waals surface area (Å²) in [4.78, 5) is 41.9. The van der Waals surface area contributed by atoms with Gasteiger partial charge < -0.3 is 16.4 Å². The zero-order chi connectivity index (χ0) is 28.2. The first-order chi connectivity index (χ1) is 19.3. The summed E-state index contributed by atoms with van der Waals surface area (Å²) in [6.45, 7) is 1.79. The van der Waals surface area contributed by atoms with Gasteiger partial charge in [0.2, 0.25) is 5.91 Å². The number of hydrogen-bond donors (Lipinski definition) is 3. The maximum absolute atomic E-state index is 14.1. The number of amides is 3. The van der Waals surface area contributed by atoms with Gasteiger partial charge in [0.15, 0.2) is 5.69 Å². The van der Waals surface area contributed by atoms with E-state index in [9.17, 15) is 18.8 Å². The molecule has 0 bridgehead atoms. The molecule has 8 nitrogen and oxygen atoms in total. The van der Waals surface area contributed by atoms with Crippen LogP contribution in [0.4, 0.5) is 15.8 Å². The van der Waals surface area contributed by atoms with Crippen LogP contribution in [0.3, 0.4) is 0 Å². The van der Waals surface area contributed by atoms with Crippen molar-refractivity contribution in [3.63, 3.8) is 0 Å². The first-order valence-corrected chi connectivity index (χ1v) is 14.0. The largest absolute Gasteiger partial charge is 0.395 e. The van der Waals surface area contributed by atoms with Gasteiger partial charge in [-0.3, -0.25) is 19.3 Å². The number of hydrogen-bond acceptors (Lipinski definition) is 6. The van der Waals surface area contributed by atoms with E-state index >= 15 is 0 Å². The molecule has 1 heterocycles. The Morgan fingerprint density at radius 1 is 1.05 bits per heavy atom. The molecule has 40 heavy (non-hydrogen) atoms. The normalized spacial score (nSPS) is 14.2. The van der Waals surface area contributed by atoms with Crippen molar-refractivity contribution in [2.75, 3.05) is 10.6 Å². The molecule has 10 heteroatoms. The van der Waals surface area contributed by atoms with Gasteiger partial charge in [0.25, 0.3) is 11.8 Å². The van der Waals surface area contributed by atoms with E-state index in [2.05, 4.69) is 15.0 Å². The molecular formula is C30H30FN5O3S. The van der Waals surface area contributed by atoms with E-state index in [0.29, 0.717) is 5.69 Å². The third kappa shape index (κ3) is 5.67. The van der Waals surface area contributed by atoms with E-state index in [1.54, 1.807) is 25.1 Å². The summed E-state index contributed by atoms with van der Waals surface area (Å²) in [6, 6.07) is 18.0. The molecule has 1 fully saturated rings. The van der Waals surface area contributed by atoms with Crippen LogP contribution in [0.1, 0.15) is 58.3 Å². The maximum atomic E-state index is 14.1. The predicted octanol–water partition coefficient (Wildman–Crippen LogP) is 5.04. The number of halogens is 1. The molecule has 0 saturated heterocycles. The van der Waals surface area contributed by atoms with Crippen LogP contribution in [0.15, 0.2) is 66.7 Å². The molecular weight excluding hydrogens is 529 g/mol. The maximum Gasteiger partial charge on any atom is 0.273 e. The third-order valence-corrected chi connectivity index (χ3v) is 8.07. The molecule has 0 radical (unpaired) electrons. The Balaban J connectivity index is 1.46. The Morgan fingerprint density at radius 2 is 1.75 bits per heavy atom. The highest BCUT2D eigenvalue weighted by Gasteiger charge is 2.33. The van der Waals surface area contributed by atoms with Crippen molar-refractivity contribution in [2.24, 2.45) is 0 Å². The molecule has 1 saturated carbocycles. The summed E-state index contributed by atoms with van der Waals surface area (Å²) in [5.41, 5.74) is 7.60. The lowest BCUT2D eigenvalue weighted by Crippen LogP contribution is -2.48. The first kappa shape index (κ1) is 27.3. The van der Waals surface area contributed by atoms with Crippen molar-refractivity contribution >= 4 is 51.4 Å². The molecule has 1 atom stereocenters. The highest BCUT2D eigenvalue weighted by Crippen LogP contribution is 2.32. The fraction of sp³-hybridized carbons (Fsp3) is 0.267. The average Bonchev–Trinajstić information content (AvgIpc) is 3.62. The van der Waals surface area contributed by atoms with Crippen LogP contribution < -0.4 is 21.3 Å². The molecule has 1 aromatic heterocycles. The molecule has 206 valence electrons. The minimum atomic E-state index is -0.948. The van der Waals surface area contributed by atoms with Crippen LogP contribution in [0.5, 0.6) is 0 Å². The van der Waals surface area contributed by atoms with Gasteiger partial charge in [0, 0.05) is 18.0 Å². The highest BCUT2D eigenvalue weighted by molar-refractivity contribution is 7.09. The van der Waals surface area contributed by atoms with Gasteiger partial charge in [-0.2, -0.15) is 4.37 Å². The van der Waals surface area contributed by atoms with Gasteiger partial charge in [-0.25, -0.2) is 4.39 Å². The van der Waals surface area contributed by atoms with Crippen molar-refractivity contribution in [3.05, 3.63) is 88.7 Å². The monoisotopic (exact) mass is 559 g/mol. The lowest BCUT2D eigenvalue weighted by atomic mass is 10.1. The standard InChI is InChI=1S/C30H30FN5O3S/c1-18(28(37)33-17-19-13-15-21(31)16-14-19)36(24-12-6-8-20-7-2-5-11-23(20)24)30(39)27-25(32)26(35-40-27)29(38)34-22-9-3-4-10-22/h2,5-8,11-16,18,22H,3-4,9-10,17,32H2,1H3,(H,33,37)(H,34,38)/t18-/m1/s1. The van der Waals surface area contributed by atoms with Gasteiger partial charge in [0.05, 0.1) is 11.4 Å². The number of nitrogens with one attached hydrogen (secondary N) is 2. The molecule has 5 rings (SSSR count). The summed E-state index contributed by atoms with van der Waals surface area (Å²) in [6.07, 6.45) is 3.92. The Hall–Kier alpha value is -4.31. The van der Waals surface area contributed by atoms with E-state index in [0.717, 1.165) is 53.6 Å². The molecule has 0 unspecified atom stereocenters. The van der Waals surface area contributed by atoms with Gasteiger partial charge in [0.1, 0.15) is 16.7 Å². The number of nitrogen functional groups attached to an aromatic ring is 1. The van der Waals surface area contributed by atoms with Gasteiger partial charge in [-0.15, -0.1) is 0 Å². The number of carbonyl (C=O) groups excluding carboxylic acids is 3. The van der Waals surface area contributed by atoms with E-state index in [4.69, 9.17) is 5.73 Å². The van der Waals surface area contributed by atoms with Gasteiger partial charge >= 0.3 is 0 Å². The third-order valence-electron chi connectivity index (χ3n) is 7.22. The van der Waals surface area contributed by atoms with Crippen LogP contribution in [0.2, 0.25) is 0 Å². The number of carbonyl (C=O) groups is 3. The fourth-order valence-corrected chi connectivity index (χ4v) is 5.75. The smallest absolute Gasteiger partial charge is 0.273 e. The Bertz CT molecular complexity index is 1540. The van der Waals surface area contributed by atoms with Crippen molar-refractivity contribution in [1.82, 2.24) is 15.0 Å². The number of anilines is 2. The predicted molar refractivity (Wildman–Crippen MR) is 155 cm³/mol. The molecule has 3 aromatic carbocycles. The van der Waals surface area contributed by atoms with Gasteiger partial charge in [-0.1, -0.05) is 61.4 Å². The van der Waals surface area contributed by atoms with Crippen LogP contribution in [0, 0.1) is 5.82 Å². The van der Waals surface area contributed by atoms with E-state index in [1.807, 2.05) is 36.4 Å². The van der Waals surface area contributed by atoms with Crippen molar-refractivity contribution in [3.8, 4) is 0 Å². The number of rotatable bonds is 8. The number of nitrogens with zero attached hydrogens (tertiary/aromatic N) is 2. The van der Waals surface area contributed by atoms with Crippen molar-refractivity contribution in [1.29, 1.82) is 0 Å². The number of aromatic nitrogens is 1. The summed E-state index contributed by atoms with van der Waals surface area (Å²) in [5, 5.41) is 7.47. The molecule has 0 spiro atoms. The second-order valence-electron chi connectivity index (χ2n) is 9.92. The number of fused-ring (bicyclic) bond motifs is 1. The summed E-state index contributed by atoms with van der Waals surface area (Å²) in [7, 11) is 0. The first-order valence-electron chi connectivity index (χ1n) is 13.2. The summed E-state index contributed by atoms with van der Waals surface area (Å²) < 4.78 is 17.5. The van der Waals surface area contributed by atoms with Crippen molar-refractivity contribution < 1.29 is 18.8 Å². The molecule has 0 aliphatic heterocycles. The van der Waals surface area contributed by atoms with Crippen LogP contribution >= 0.6 is 11.5 Å². The van der Waals surface area contributed by atoms with Crippen LogP contribution in [-0.2, 0) is 11.3 Å². The van der Waals surface area contributed by atoms with Crippen LogP contribution in [0.25, 0.3) is 10.8 Å². The topological polar surface area (TPSA) is 117 Å². The zero-order valence-electron chi connectivity index (χ0n) is 22.0. The van der Waals surface area contributed by atoms with E-state index in [-0.39, 0.29) is 34.7 Å². The van der Waals surface area contributed by atoms with Crippen LogP contribution in [-0.4, -0.2) is 34.2 Å². The summed E-state index contributed by atoms with van der Waals surface area (Å²) in [5.74, 6) is -1.71. The Morgan fingerprint density at radius 3 is 2.50 bits per heavy atom. The van der Waals surface area contributed by atoms with E-state index in [1.165, 1.54) is 17.0 Å².